The lowest BCUT2D eigenvalue weighted by atomic mass is 10.0. The average Bonchev–Trinajstić information content (AvgIpc) is 1.23. The second kappa shape index (κ2) is 44.4. The van der Waals surface area contributed by atoms with Crippen molar-refractivity contribution >= 4 is 121 Å². The predicted molar refractivity (Wildman–Crippen MR) is 420 cm³/mol. The molecule has 2 aliphatic heterocycles. The average molecular weight is 1580 g/mol. The van der Waals surface area contributed by atoms with Crippen LogP contribution in [0.3, 0.4) is 0 Å². The van der Waals surface area contributed by atoms with Gasteiger partial charge in [-0.2, -0.15) is 11.8 Å². The van der Waals surface area contributed by atoms with Crippen molar-refractivity contribution in [1.29, 1.82) is 0 Å². The van der Waals surface area contributed by atoms with E-state index in [2.05, 4.69) is 52.2 Å². The second-order valence-electron chi connectivity index (χ2n) is 28.3. The molecule has 2 heterocycles. The standard InChI is InChI=1S/C75H109N19O15S2/c1-45(2)41-55(69(102)86-51(65(79)98)35-40-110-5)85-64(97)44-83-66(99)56(42-46-19-8-6-9-20-46)90-70(103)57(43-47-21-10-7-11-22-47)91-68(101)52(31-33-62(77)95)87-67(100)53(32-34-63(78)96)88-71(104)60-29-18-39-94(60)74(107)54(89-72(105)59-28-17-38-93(59)73(106)50(76)25-16-36-82-75(80)81)26-12-13-37-84-111(108,109)61-30-15-23-48-49(61)24-14-27-58(48)92(3)4/h6-11,14-15,19-24,27,30,45,50-57,59-60,84H,12-13,16-18,25-26,28-29,31-44,76H2,1-5H3,(H2,77,95)(H2,78,96)(H2,79,98)(H,83,99)(H,85,97)(H,86,102)(H,87,100)(H,88,104)(H,89,105)(H,90,103)(H,91,101)(H4,80,81,82)/t50-,51-,52-,53-,54-,55-,56-,57-,59-,60-/m0/s1. The minimum absolute atomic E-state index is 0.0202. The highest BCUT2D eigenvalue weighted by atomic mass is 32.2. The molecule has 0 aliphatic carbocycles. The molecule has 0 saturated carbocycles. The number of nitrogens with zero attached hydrogens (tertiary/aromatic N) is 4. The number of amides is 13. The van der Waals surface area contributed by atoms with E-state index in [9.17, 15) is 66.0 Å². The molecule has 606 valence electrons. The molecule has 10 atom stereocenters. The summed E-state index contributed by atoms with van der Waals surface area (Å²) in [5.74, 6) is -10.4. The summed E-state index contributed by atoms with van der Waals surface area (Å²) in [6.07, 6.45) is 1.67. The number of anilines is 1. The normalized spacial score (nSPS) is 16.2. The smallest absolute Gasteiger partial charge is 0.245 e. The fourth-order valence-electron chi connectivity index (χ4n) is 13.2. The number of primary amides is 3. The fraction of sp³-hybridized carbons (Fsp3) is 0.520. The lowest BCUT2D eigenvalue weighted by molar-refractivity contribution is -0.144. The zero-order valence-electron chi connectivity index (χ0n) is 63.5. The number of benzene rings is 4. The summed E-state index contributed by atoms with van der Waals surface area (Å²) in [6, 6.07) is 14.0. The third-order valence-corrected chi connectivity index (χ3v) is 21.1. The Balaban J connectivity index is 1.21. The largest absolute Gasteiger partial charge is 0.377 e. The van der Waals surface area contributed by atoms with Crippen LogP contribution in [0, 0.1) is 5.92 Å². The number of carbonyl (C=O) groups excluding carboxylic acids is 13. The van der Waals surface area contributed by atoms with Crippen molar-refractivity contribution in [2.24, 2.45) is 45.3 Å². The number of thioether (sulfide) groups is 1. The van der Waals surface area contributed by atoms with E-state index in [0.717, 1.165) is 5.69 Å². The summed E-state index contributed by atoms with van der Waals surface area (Å²) in [4.78, 5) is 189. The monoisotopic (exact) mass is 1580 g/mol. The molecule has 2 aliphatic rings. The first-order chi connectivity index (χ1) is 52.8. The van der Waals surface area contributed by atoms with Crippen molar-refractivity contribution in [3.63, 3.8) is 0 Å². The molecular formula is C75H109N19O15S2. The van der Waals surface area contributed by atoms with E-state index >= 15 is 4.79 Å². The Morgan fingerprint density at radius 2 is 1.05 bits per heavy atom. The quantitative estimate of drug-likeness (QED) is 0.0136. The molecule has 4 aromatic carbocycles. The van der Waals surface area contributed by atoms with Gasteiger partial charge in [0.05, 0.1) is 17.5 Å². The highest BCUT2D eigenvalue weighted by Gasteiger charge is 2.43. The first kappa shape index (κ1) is 89.4. The molecule has 0 unspecified atom stereocenters. The number of unbranched alkanes of at least 4 members (excludes halogenated alkanes) is 1. The van der Waals surface area contributed by atoms with Crippen molar-refractivity contribution in [1.82, 2.24) is 57.1 Å². The maximum atomic E-state index is 15.1. The van der Waals surface area contributed by atoms with Crippen LogP contribution in [0.2, 0.25) is 0 Å². The molecule has 0 spiro atoms. The summed E-state index contributed by atoms with van der Waals surface area (Å²) in [7, 11) is -0.403. The molecule has 34 nitrogen and oxygen atoms in total. The van der Waals surface area contributed by atoms with E-state index in [1.807, 2.05) is 51.2 Å². The minimum atomic E-state index is -4.09. The summed E-state index contributed by atoms with van der Waals surface area (Å²) >= 11 is 1.45. The van der Waals surface area contributed by atoms with Gasteiger partial charge in [-0.1, -0.05) is 98.8 Å². The third kappa shape index (κ3) is 28.4. The lowest BCUT2D eigenvalue weighted by Gasteiger charge is -2.32. The van der Waals surface area contributed by atoms with E-state index in [0.29, 0.717) is 40.5 Å². The van der Waals surface area contributed by atoms with Crippen LogP contribution in [-0.4, -0.2) is 220 Å². The number of nitrogens with one attached hydrogen (secondary N) is 9. The molecule has 111 heavy (non-hydrogen) atoms. The van der Waals surface area contributed by atoms with Crippen LogP contribution in [0.1, 0.15) is 121 Å². The van der Waals surface area contributed by atoms with Crippen LogP contribution in [0.5, 0.6) is 0 Å². The molecule has 6 rings (SSSR count). The number of aliphatic imine (C=N–C) groups is 1. The van der Waals surface area contributed by atoms with Crippen molar-refractivity contribution in [3.05, 3.63) is 108 Å². The number of sulfonamides is 1. The number of hydrogen-bond donors (Lipinski definition) is 15. The second-order valence-corrected chi connectivity index (χ2v) is 31.0. The highest BCUT2D eigenvalue weighted by Crippen LogP contribution is 2.31. The Kier molecular flexibility index (Phi) is 35.8. The SMILES string of the molecule is CSCC[C@H](NC(=O)[C@H](CC(C)C)NC(=O)CNC(=O)[C@H](Cc1ccccc1)NC(=O)[C@H](Cc1ccccc1)NC(=O)[C@H](CCC(N)=O)NC(=O)[C@H](CCC(N)=O)NC(=O)[C@@H]1CCCN1C(=O)[C@H](CCCCNS(=O)(=O)c1cccc2c(N(C)C)cccc12)NC(=O)[C@@H]1CCCN1C(=O)[C@@H](N)CCCN=C(N)N)C(N)=O. The van der Waals surface area contributed by atoms with Gasteiger partial charge in [0, 0.05) is 82.4 Å². The van der Waals surface area contributed by atoms with Crippen molar-refractivity contribution in [2.45, 2.75) is 188 Å². The molecule has 36 heteroatoms. The van der Waals surface area contributed by atoms with Gasteiger partial charge < -0.3 is 91.6 Å². The van der Waals surface area contributed by atoms with E-state index in [1.54, 1.807) is 78.9 Å². The maximum absolute atomic E-state index is 15.1. The molecule has 0 radical (unpaired) electrons. The fourth-order valence-corrected chi connectivity index (χ4v) is 14.9. The van der Waals surface area contributed by atoms with Gasteiger partial charge in [-0.3, -0.25) is 67.3 Å². The van der Waals surface area contributed by atoms with Gasteiger partial charge in [0.1, 0.15) is 54.4 Å². The van der Waals surface area contributed by atoms with Crippen LogP contribution >= 0.6 is 11.8 Å². The van der Waals surface area contributed by atoms with Crippen LogP contribution in [0.4, 0.5) is 5.69 Å². The van der Waals surface area contributed by atoms with Gasteiger partial charge in [-0.05, 0) is 125 Å². The Labute approximate surface area is 651 Å². The number of likely N-dealkylation sites (tertiary alicyclic amines) is 2. The van der Waals surface area contributed by atoms with Gasteiger partial charge in [0.2, 0.25) is 86.8 Å². The predicted octanol–water partition coefficient (Wildman–Crippen LogP) is -1.47. The van der Waals surface area contributed by atoms with Gasteiger partial charge in [0.15, 0.2) is 5.96 Å². The van der Waals surface area contributed by atoms with E-state index in [4.69, 9.17) is 34.4 Å². The third-order valence-electron chi connectivity index (χ3n) is 18.9. The van der Waals surface area contributed by atoms with Gasteiger partial charge in [-0.15, -0.1) is 0 Å². The first-order valence-electron chi connectivity index (χ1n) is 37.2. The van der Waals surface area contributed by atoms with Crippen molar-refractivity contribution in [2.75, 3.05) is 63.7 Å². The van der Waals surface area contributed by atoms with Crippen LogP contribution in [0.25, 0.3) is 10.8 Å². The molecular weight excluding hydrogens is 1470 g/mol. The maximum Gasteiger partial charge on any atom is 0.245 e. The van der Waals surface area contributed by atoms with E-state index in [1.165, 1.54) is 27.6 Å². The first-order valence-corrected chi connectivity index (χ1v) is 40.1. The molecule has 4 aromatic rings. The molecule has 21 N–H and O–H groups in total. The van der Waals surface area contributed by atoms with Crippen molar-refractivity contribution in [3.8, 4) is 0 Å². The molecule has 0 aromatic heterocycles. The molecule has 2 saturated heterocycles. The Bertz CT molecular complexity index is 4040. The van der Waals surface area contributed by atoms with Crippen LogP contribution in [-0.2, 0) is 85.2 Å². The van der Waals surface area contributed by atoms with E-state index in [-0.39, 0.29) is 114 Å². The zero-order valence-corrected chi connectivity index (χ0v) is 65.2. The Morgan fingerprint density at radius 1 is 0.541 bits per heavy atom. The number of carbonyl (C=O) groups is 13. The Hall–Kier alpha value is -10.5. The van der Waals surface area contributed by atoms with Crippen LogP contribution in [0.15, 0.2) is 107 Å². The number of guanidine groups is 1. The molecule has 2 fully saturated rings. The number of nitrogens with two attached hydrogens (primary N) is 6. The summed E-state index contributed by atoms with van der Waals surface area (Å²) in [6.45, 7) is 3.26. The Morgan fingerprint density at radius 3 is 1.59 bits per heavy atom. The summed E-state index contributed by atoms with van der Waals surface area (Å²) in [5, 5.41) is 22.3. The number of hydrogen-bond acceptors (Lipinski definition) is 19. The molecule has 0 bridgehead atoms. The lowest BCUT2D eigenvalue weighted by Crippen LogP contribution is -2.60. The van der Waals surface area contributed by atoms with Crippen molar-refractivity contribution < 1.29 is 70.7 Å². The highest BCUT2D eigenvalue weighted by molar-refractivity contribution is 7.98. The van der Waals surface area contributed by atoms with Crippen LogP contribution < -0.4 is 86.6 Å². The van der Waals surface area contributed by atoms with Gasteiger partial charge in [-0.25, -0.2) is 13.1 Å². The summed E-state index contributed by atoms with van der Waals surface area (Å²) in [5.41, 5.74) is 35.9. The molecule has 13 amide bonds. The topological polar surface area (TPSA) is 543 Å². The minimum Gasteiger partial charge on any atom is -0.377 e. The van der Waals surface area contributed by atoms with Gasteiger partial charge >= 0.3 is 0 Å². The van der Waals surface area contributed by atoms with E-state index < -0.39 is 179 Å². The number of rotatable bonds is 46. The van der Waals surface area contributed by atoms with Gasteiger partial charge in [0.25, 0.3) is 0 Å². The summed E-state index contributed by atoms with van der Waals surface area (Å²) < 4.78 is 30.5. The zero-order chi connectivity index (χ0) is 81.5. The number of fused-ring (bicyclic) bond motifs is 1.